The second-order valence-corrected chi connectivity index (χ2v) is 9.00. The van der Waals surface area contributed by atoms with E-state index in [0.29, 0.717) is 14.6 Å². The minimum Gasteiger partial charge on any atom is -0.469 e. The molecule has 4 nitrogen and oxygen atoms in total. The van der Waals surface area contributed by atoms with E-state index >= 15 is 0 Å². The third-order valence-corrected chi connectivity index (χ3v) is 7.37. The summed E-state index contributed by atoms with van der Waals surface area (Å²) in [6.07, 6.45) is 1.55. The fourth-order valence-corrected chi connectivity index (χ4v) is 5.27. The number of thiophene rings is 1. The van der Waals surface area contributed by atoms with Crippen LogP contribution in [-0.4, -0.2) is 19.8 Å². The number of hydrogen-bond acceptors (Lipinski definition) is 4. The third-order valence-electron chi connectivity index (χ3n) is 2.65. The number of hydrogen-bond donors (Lipinski definition) is 0. The van der Waals surface area contributed by atoms with Gasteiger partial charge in [0.05, 0.1) is 15.1 Å². The Labute approximate surface area is 129 Å². The average Bonchev–Trinajstić information content (AvgIpc) is 2.87. The molecule has 0 N–H and O–H groups in total. The van der Waals surface area contributed by atoms with E-state index in [1.165, 1.54) is 17.4 Å². The maximum atomic E-state index is 12.4. The molecule has 0 fully saturated rings. The lowest BCUT2D eigenvalue weighted by atomic mass is 10.3. The number of nitrogens with zero attached hydrogens (tertiary/aromatic N) is 1. The Morgan fingerprint density at radius 2 is 2.21 bits per heavy atom. The highest BCUT2D eigenvalue weighted by atomic mass is 79.9. The smallest absolute Gasteiger partial charge is 0.252 e. The highest BCUT2D eigenvalue weighted by molar-refractivity contribution is 9.11. The van der Waals surface area contributed by atoms with Gasteiger partial charge in [-0.3, -0.25) is 0 Å². The summed E-state index contributed by atoms with van der Waals surface area (Å²) < 4.78 is 32.0. The van der Waals surface area contributed by atoms with E-state index in [1.54, 1.807) is 19.3 Å². The first-order valence-electron chi connectivity index (χ1n) is 5.26. The molecule has 19 heavy (non-hydrogen) atoms. The molecule has 0 bridgehead atoms. The van der Waals surface area contributed by atoms with Crippen molar-refractivity contribution in [3.8, 4) is 0 Å². The molecular weight excluding hydrogens is 374 g/mol. The predicted molar refractivity (Wildman–Crippen MR) is 79.1 cm³/mol. The maximum Gasteiger partial charge on any atom is 0.252 e. The number of furan rings is 1. The first-order chi connectivity index (χ1) is 8.82. The van der Waals surface area contributed by atoms with Crippen molar-refractivity contribution >= 4 is 48.9 Å². The summed E-state index contributed by atoms with van der Waals surface area (Å²) in [4.78, 5) is 0. The zero-order chi connectivity index (χ0) is 14.2. The minimum absolute atomic E-state index is 0.216. The summed E-state index contributed by atoms with van der Waals surface area (Å²) in [7, 11) is -2.01. The highest BCUT2D eigenvalue weighted by Crippen LogP contribution is 2.36. The molecule has 8 heteroatoms. The van der Waals surface area contributed by atoms with E-state index in [1.807, 2.05) is 0 Å². The molecule has 0 aliphatic carbocycles. The van der Waals surface area contributed by atoms with Gasteiger partial charge in [-0.05, 0) is 35.0 Å². The Morgan fingerprint density at radius 1 is 1.53 bits per heavy atom. The lowest BCUT2D eigenvalue weighted by Gasteiger charge is -2.15. The number of rotatable bonds is 4. The van der Waals surface area contributed by atoms with Crippen molar-refractivity contribution in [3.63, 3.8) is 0 Å². The lowest BCUT2D eigenvalue weighted by molar-refractivity contribution is 0.460. The molecule has 0 saturated carbocycles. The van der Waals surface area contributed by atoms with E-state index in [-0.39, 0.29) is 10.8 Å². The van der Waals surface area contributed by atoms with Gasteiger partial charge in [0.15, 0.2) is 0 Å². The van der Waals surface area contributed by atoms with Gasteiger partial charge in [-0.15, -0.1) is 11.3 Å². The van der Waals surface area contributed by atoms with Crippen molar-refractivity contribution in [2.75, 3.05) is 7.05 Å². The van der Waals surface area contributed by atoms with Gasteiger partial charge < -0.3 is 4.42 Å². The summed E-state index contributed by atoms with van der Waals surface area (Å²) in [6, 6.07) is 3.21. The van der Waals surface area contributed by atoms with Gasteiger partial charge in [0.1, 0.15) is 9.97 Å². The highest BCUT2D eigenvalue weighted by Gasteiger charge is 2.25. The van der Waals surface area contributed by atoms with Gasteiger partial charge in [0.25, 0.3) is 10.0 Å². The fourth-order valence-electron chi connectivity index (χ4n) is 1.51. The zero-order valence-corrected chi connectivity index (χ0v) is 14.2. The van der Waals surface area contributed by atoms with E-state index in [4.69, 9.17) is 16.0 Å². The Kier molecular flexibility index (Phi) is 4.42. The Bertz CT molecular complexity index is 673. The van der Waals surface area contributed by atoms with Crippen LogP contribution < -0.4 is 0 Å². The molecule has 2 aromatic heterocycles. The molecule has 0 spiro atoms. The van der Waals surface area contributed by atoms with Gasteiger partial charge >= 0.3 is 0 Å². The van der Waals surface area contributed by atoms with Crippen LogP contribution in [0.4, 0.5) is 0 Å². The van der Waals surface area contributed by atoms with Crippen LogP contribution in [0.15, 0.2) is 30.8 Å². The summed E-state index contributed by atoms with van der Waals surface area (Å²) in [5.41, 5.74) is 0.841. The van der Waals surface area contributed by atoms with Crippen molar-refractivity contribution in [1.82, 2.24) is 4.31 Å². The summed E-state index contributed by atoms with van der Waals surface area (Å²) in [5, 5.41) is 0.400. The molecule has 0 aromatic carbocycles. The minimum atomic E-state index is -3.54. The lowest BCUT2D eigenvalue weighted by Crippen LogP contribution is -2.25. The molecule has 0 aliphatic rings. The van der Waals surface area contributed by atoms with Crippen LogP contribution in [0.1, 0.15) is 11.3 Å². The maximum absolute atomic E-state index is 12.4. The largest absolute Gasteiger partial charge is 0.469 e. The number of sulfonamides is 1. The van der Waals surface area contributed by atoms with Crippen molar-refractivity contribution in [3.05, 3.63) is 38.5 Å². The predicted octanol–water partition coefficient (Wildman–Crippen LogP) is 3.89. The van der Waals surface area contributed by atoms with Gasteiger partial charge in [0, 0.05) is 19.2 Å². The quantitative estimate of drug-likeness (QED) is 0.803. The van der Waals surface area contributed by atoms with E-state index in [0.717, 1.165) is 16.9 Å². The Balaban J connectivity index is 2.27. The van der Waals surface area contributed by atoms with Crippen LogP contribution in [0.2, 0.25) is 5.02 Å². The van der Waals surface area contributed by atoms with Crippen molar-refractivity contribution in [1.29, 1.82) is 0 Å². The van der Waals surface area contributed by atoms with Crippen molar-refractivity contribution < 1.29 is 12.8 Å². The van der Waals surface area contributed by atoms with Crippen LogP contribution in [0.5, 0.6) is 0 Å². The third kappa shape index (κ3) is 3.05. The molecule has 2 aromatic rings. The molecule has 2 heterocycles. The van der Waals surface area contributed by atoms with E-state index in [2.05, 4.69) is 15.9 Å². The Morgan fingerprint density at radius 3 is 2.68 bits per heavy atom. The first-order valence-corrected chi connectivity index (χ1v) is 8.69. The van der Waals surface area contributed by atoms with Crippen molar-refractivity contribution in [2.45, 2.75) is 17.7 Å². The number of halogens is 2. The van der Waals surface area contributed by atoms with Crippen LogP contribution in [0, 0.1) is 6.92 Å². The topological polar surface area (TPSA) is 50.5 Å². The molecule has 104 valence electrons. The summed E-state index contributed by atoms with van der Waals surface area (Å²) in [6.45, 7) is 2.06. The van der Waals surface area contributed by atoms with Crippen molar-refractivity contribution in [2.24, 2.45) is 0 Å². The normalized spacial score (nSPS) is 12.3. The van der Waals surface area contributed by atoms with Crippen LogP contribution in [0.25, 0.3) is 0 Å². The monoisotopic (exact) mass is 383 g/mol. The average molecular weight is 385 g/mol. The van der Waals surface area contributed by atoms with Crippen LogP contribution in [0.3, 0.4) is 0 Å². The van der Waals surface area contributed by atoms with E-state index < -0.39 is 10.0 Å². The molecule has 0 amide bonds. The molecule has 0 atom stereocenters. The molecule has 0 radical (unpaired) electrons. The Hall–Kier alpha value is -0.340. The van der Waals surface area contributed by atoms with Gasteiger partial charge in [-0.2, -0.15) is 4.31 Å². The second kappa shape index (κ2) is 5.57. The summed E-state index contributed by atoms with van der Waals surface area (Å²) in [5.74, 6) is 0.715. The second-order valence-electron chi connectivity index (χ2n) is 3.95. The molecular formula is C11H11BrClNO3S2. The van der Waals surface area contributed by atoms with Crippen LogP contribution in [-0.2, 0) is 16.6 Å². The zero-order valence-electron chi connectivity index (χ0n) is 10.2. The standard InChI is InChI=1S/C11H11BrClNO3S2/c1-7-8(3-4-17-7)6-14(2)19(15,16)10-5-9(13)11(12)18-10/h3-5H,6H2,1-2H3. The molecule has 0 aliphatic heterocycles. The molecule has 0 saturated heterocycles. The fraction of sp³-hybridized carbons (Fsp3) is 0.273. The van der Waals surface area contributed by atoms with Gasteiger partial charge in [0.2, 0.25) is 0 Å². The first kappa shape index (κ1) is 15.1. The van der Waals surface area contributed by atoms with E-state index in [9.17, 15) is 8.42 Å². The molecule has 2 rings (SSSR count). The number of aryl methyl sites for hydroxylation is 1. The van der Waals surface area contributed by atoms with Gasteiger partial charge in [-0.25, -0.2) is 8.42 Å². The summed E-state index contributed by atoms with van der Waals surface area (Å²) >= 11 is 10.2. The SMILES string of the molecule is Cc1occc1CN(C)S(=O)(=O)c1cc(Cl)c(Br)s1. The van der Waals surface area contributed by atoms with Crippen LogP contribution >= 0.6 is 38.9 Å². The molecule has 0 unspecified atom stereocenters. The van der Waals surface area contributed by atoms with Gasteiger partial charge in [-0.1, -0.05) is 11.6 Å².